The van der Waals surface area contributed by atoms with Crippen LogP contribution in [0.2, 0.25) is 0 Å². The van der Waals surface area contributed by atoms with Crippen molar-refractivity contribution in [2.45, 2.75) is 25.8 Å². The third kappa shape index (κ3) is 4.16. The van der Waals surface area contributed by atoms with Crippen molar-refractivity contribution in [3.63, 3.8) is 0 Å². The van der Waals surface area contributed by atoms with Crippen molar-refractivity contribution in [1.82, 2.24) is 10.3 Å². The molecule has 1 aromatic heterocycles. The summed E-state index contributed by atoms with van der Waals surface area (Å²) in [6.07, 6.45) is 1.12. The summed E-state index contributed by atoms with van der Waals surface area (Å²) in [6, 6.07) is 0.0634. The first-order valence-corrected chi connectivity index (χ1v) is 6.01. The van der Waals surface area contributed by atoms with Crippen molar-refractivity contribution < 1.29 is 9.53 Å². The Hall–Kier alpha value is -1.14. The number of rotatable bonds is 6. The van der Waals surface area contributed by atoms with Crippen molar-refractivity contribution in [3.8, 4) is 0 Å². The van der Waals surface area contributed by atoms with Crippen molar-refractivity contribution >= 4 is 22.4 Å². The van der Waals surface area contributed by atoms with Gasteiger partial charge in [0.05, 0.1) is 24.8 Å². The third-order valence-corrected chi connectivity index (χ3v) is 2.86. The highest BCUT2D eigenvalue weighted by molar-refractivity contribution is 7.13. The minimum Gasteiger partial charge on any atom is -0.383 e. The van der Waals surface area contributed by atoms with E-state index in [-0.39, 0.29) is 18.4 Å². The summed E-state index contributed by atoms with van der Waals surface area (Å²) in [6.45, 7) is 2.53. The molecule has 1 rings (SSSR count). The van der Waals surface area contributed by atoms with Gasteiger partial charge >= 0.3 is 0 Å². The average molecular weight is 243 g/mol. The maximum atomic E-state index is 11.6. The van der Waals surface area contributed by atoms with E-state index < -0.39 is 0 Å². The van der Waals surface area contributed by atoms with Crippen LogP contribution in [-0.2, 0) is 16.0 Å². The quantitative estimate of drug-likeness (QED) is 0.775. The van der Waals surface area contributed by atoms with Crippen LogP contribution >= 0.6 is 11.3 Å². The molecule has 0 saturated carbocycles. The summed E-state index contributed by atoms with van der Waals surface area (Å²) in [7, 11) is 1.62. The lowest BCUT2D eigenvalue weighted by Crippen LogP contribution is -2.38. The highest BCUT2D eigenvalue weighted by atomic mass is 32.1. The number of methoxy groups -OCH3 is 1. The van der Waals surface area contributed by atoms with Gasteiger partial charge < -0.3 is 15.8 Å². The number of nitrogens with one attached hydrogen (secondary N) is 1. The van der Waals surface area contributed by atoms with Gasteiger partial charge in [-0.25, -0.2) is 4.98 Å². The van der Waals surface area contributed by atoms with Crippen LogP contribution in [-0.4, -0.2) is 30.6 Å². The number of nitrogens with two attached hydrogens (primary N) is 1. The molecule has 0 saturated heterocycles. The summed E-state index contributed by atoms with van der Waals surface area (Å²) >= 11 is 1.34. The molecule has 5 nitrogen and oxygen atoms in total. The molecule has 0 spiro atoms. The lowest BCUT2D eigenvalue weighted by atomic mass is 10.2. The second-order valence-corrected chi connectivity index (χ2v) is 4.37. The molecule has 16 heavy (non-hydrogen) atoms. The number of nitrogens with zero attached hydrogens (tertiary/aromatic N) is 1. The van der Waals surface area contributed by atoms with Crippen LogP contribution in [0.3, 0.4) is 0 Å². The number of aromatic nitrogens is 1. The number of carbonyl (C=O) groups is 1. The standard InChI is InChI=1S/C10H17N3O2S/c1-3-7(5-15-2)12-9(14)4-8-6-16-10(11)13-8/h6-7H,3-5H2,1-2H3,(H2,11,13)(H,12,14). The number of nitrogen functional groups attached to an aromatic ring is 1. The number of anilines is 1. The van der Waals surface area contributed by atoms with Gasteiger partial charge in [-0.05, 0) is 6.42 Å². The topological polar surface area (TPSA) is 77.2 Å². The first-order valence-electron chi connectivity index (χ1n) is 5.13. The Bertz CT molecular complexity index is 341. The molecule has 0 aliphatic heterocycles. The van der Waals surface area contributed by atoms with Crippen molar-refractivity contribution in [2.24, 2.45) is 0 Å². The molecule has 0 fully saturated rings. The Kier molecular flexibility index (Phi) is 5.21. The molecule has 0 radical (unpaired) electrons. The van der Waals surface area contributed by atoms with Gasteiger partial charge in [0, 0.05) is 12.5 Å². The zero-order valence-corrected chi connectivity index (χ0v) is 10.3. The summed E-state index contributed by atoms with van der Waals surface area (Å²) in [4.78, 5) is 15.7. The van der Waals surface area contributed by atoms with E-state index in [1.807, 2.05) is 6.92 Å². The summed E-state index contributed by atoms with van der Waals surface area (Å²) in [5.41, 5.74) is 6.20. The molecular weight excluding hydrogens is 226 g/mol. The second kappa shape index (κ2) is 6.44. The van der Waals surface area contributed by atoms with Crippen molar-refractivity contribution in [3.05, 3.63) is 11.1 Å². The third-order valence-electron chi connectivity index (χ3n) is 2.14. The Morgan fingerprint density at radius 1 is 1.75 bits per heavy atom. The lowest BCUT2D eigenvalue weighted by molar-refractivity contribution is -0.121. The molecule has 1 unspecified atom stereocenters. The van der Waals surface area contributed by atoms with Gasteiger partial charge in [-0.15, -0.1) is 11.3 Å². The molecule has 0 bridgehead atoms. The molecule has 1 aromatic rings. The number of thiazole rings is 1. The highest BCUT2D eigenvalue weighted by Crippen LogP contribution is 2.11. The van der Waals surface area contributed by atoms with E-state index in [9.17, 15) is 4.79 Å². The molecule has 1 amide bonds. The summed E-state index contributed by atoms with van der Waals surface area (Å²) in [5.74, 6) is -0.0470. The molecule has 0 aliphatic carbocycles. The molecule has 3 N–H and O–H groups in total. The smallest absolute Gasteiger partial charge is 0.226 e. The highest BCUT2D eigenvalue weighted by Gasteiger charge is 2.11. The van der Waals surface area contributed by atoms with Crippen molar-refractivity contribution in [1.29, 1.82) is 0 Å². The lowest BCUT2D eigenvalue weighted by Gasteiger charge is -2.15. The number of hydrogen-bond donors (Lipinski definition) is 2. The van der Waals surface area contributed by atoms with E-state index in [2.05, 4.69) is 10.3 Å². The maximum Gasteiger partial charge on any atom is 0.226 e. The van der Waals surface area contributed by atoms with E-state index in [4.69, 9.17) is 10.5 Å². The molecular formula is C10H17N3O2S. The average Bonchev–Trinajstić information content (AvgIpc) is 2.63. The van der Waals surface area contributed by atoms with Gasteiger partial charge in [0.1, 0.15) is 0 Å². The van der Waals surface area contributed by atoms with Gasteiger partial charge in [-0.1, -0.05) is 6.92 Å². The van der Waals surface area contributed by atoms with Gasteiger partial charge in [0.25, 0.3) is 0 Å². The van der Waals surface area contributed by atoms with Crippen LogP contribution in [0.15, 0.2) is 5.38 Å². The number of carbonyl (C=O) groups excluding carboxylic acids is 1. The zero-order valence-electron chi connectivity index (χ0n) is 9.53. The predicted molar refractivity (Wildman–Crippen MR) is 64.3 cm³/mol. The van der Waals surface area contributed by atoms with Crippen LogP contribution in [0.1, 0.15) is 19.0 Å². The van der Waals surface area contributed by atoms with Gasteiger partial charge in [0.15, 0.2) is 5.13 Å². The summed E-state index contributed by atoms with van der Waals surface area (Å²) in [5, 5.41) is 5.18. The monoisotopic (exact) mass is 243 g/mol. The van der Waals surface area contributed by atoms with E-state index in [1.165, 1.54) is 11.3 Å². The van der Waals surface area contributed by atoms with Gasteiger partial charge in [-0.2, -0.15) is 0 Å². The van der Waals surface area contributed by atoms with E-state index in [1.54, 1.807) is 12.5 Å². The van der Waals surface area contributed by atoms with Gasteiger partial charge in [-0.3, -0.25) is 4.79 Å². The van der Waals surface area contributed by atoms with Crippen LogP contribution in [0, 0.1) is 0 Å². The van der Waals surface area contributed by atoms with Gasteiger partial charge in [0.2, 0.25) is 5.91 Å². The molecule has 0 aliphatic rings. The van der Waals surface area contributed by atoms with Crippen molar-refractivity contribution in [2.75, 3.05) is 19.5 Å². The molecule has 6 heteroatoms. The second-order valence-electron chi connectivity index (χ2n) is 3.48. The predicted octanol–water partition coefficient (Wildman–Crippen LogP) is 0.809. The fourth-order valence-electron chi connectivity index (χ4n) is 1.31. The Labute approximate surface area is 99.0 Å². The van der Waals surface area contributed by atoms with Crippen LogP contribution < -0.4 is 11.1 Å². The normalized spacial score (nSPS) is 12.4. The van der Waals surface area contributed by atoms with Crippen LogP contribution in [0.25, 0.3) is 0 Å². The van der Waals surface area contributed by atoms with E-state index in [0.29, 0.717) is 17.4 Å². The van der Waals surface area contributed by atoms with Crippen LogP contribution in [0.4, 0.5) is 5.13 Å². The number of hydrogen-bond acceptors (Lipinski definition) is 5. The van der Waals surface area contributed by atoms with Crippen LogP contribution in [0.5, 0.6) is 0 Å². The zero-order chi connectivity index (χ0) is 12.0. The van der Waals surface area contributed by atoms with E-state index in [0.717, 1.165) is 6.42 Å². The summed E-state index contributed by atoms with van der Waals surface area (Å²) < 4.78 is 5.00. The molecule has 1 atom stereocenters. The molecule has 0 aromatic carbocycles. The Morgan fingerprint density at radius 3 is 3.00 bits per heavy atom. The molecule has 90 valence electrons. The fourth-order valence-corrected chi connectivity index (χ4v) is 1.87. The SMILES string of the molecule is CCC(COC)NC(=O)Cc1csc(N)n1. The minimum atomic E-state index is -0.0470. The molecule has 1 heterocycles. The minimum absolute atomic E-state index is 0.0470. The first-order chi connectivity index (χ1) is 7.65. The Balaban J connectivity index is 2.40. The fraction of sp³-hybridized carbons (Fsp3) is 0.600. The maximum absolute atomic E-state index is 11.6. The first kappa shape index (κ1) is 12.9. The van der Waals surface area contributed by atoms with E-state index >= 15 is 0 Å². The number of amides is 1. The number of ether oxygens (including phenoxy) is 1. The Morgan fingerprint density at radius 2 is 2.50 bits per heavy atom. The largest absolute Gasteiger partial charge is 0.383 e.